The van der Waals surface area contributed by atoms with Crippen molar-refractivity contribution in [2.45, 2.75) is 13.3 Å². The minimum Gasteiger partial charge on any atom is -0.491 e. The first-order valence-electron chi connectivity index (χ1n) is 7.78. The summed E-state index contributed by atoms with van der Waals surface area (Å²) in [6.45, 7) is 2.50. The molecule has 0 aliphatic rings. The van der Waals surface area contributed by atoms with Crippen molar-refractivity contribution >= 4 is 22.6 Å². The first-order valence-corrected chi connectivity index (χ1v) is 7.78. The summed E-state index contributed by atoms with van der Waals surface area (Å²) >= 11 is 0. The van der Waals surface area contributed by atoms with E-state index < -0.39 is 0 Å². The Morgan fingerprint density at radius 1 is 1.22 bits per heavy atom. The normalized spacial score (nSPS) is 11.8. The van der Waals surface area contributed by atoms with E-state index in [1.165, 1.54) is 11.1 Å². The molecule has 0 radical (unpaired) electrons. The van der Waals surface area contributed by atoms with Gasteiger partial charge in [-0.1, -0.05) is 31.2 Å². The van der Waals surface area contributed by atoms with Crippen LogP contribution in [0.5, 0.6) is 5.75 Å². The minimum absolute atomic E-state index is 0.0261. The maximum atomic E-state index is 8.79. The number of benzene rings is 2. The summed E-state index contributed by atoms with van der Waals surface area (Å²) in [5.74, 6) is 0.776. The molecule has 0 aliphatic heterocycles. The maximum absolute atomic E-state index is 8.79. The number of nitrogens with one attached hydrogen (secondary N) is 1. The molecule has 0 aliphatic carbocycles. The van der Waals surface area contributed by atoms with Gasteiger partial charge in [-0.15, -0.1) is 0 Å². The van der Waals surface area contributed by atoms with Gasteiger partial charge < -0.3 is 9.84 Å². The number of aliphatic hydroxyl groups excluding tert-OH is 1. The van der Waals surface area contributed by atoms with Crippen molar-refractivity contribution in [1.29, 1.82) is 0 Å². The summed E-state index contributed by atoms with van der Waals surface area (Å²) in [7, 11) is 0. The molecule has 0 atom stereocenters. The van der Waals surface area contributed by atoms with Crippen molar-refractivity contribution in [1.82, 2.24) is 10.2 Å². The second-order valence-electron chi connectivity index (χ2n) is 5.34. The molecule has 4 nitrogen and oxygen atoms in total. The molecular formula is C19H20N2O2. The van der Waals surface area contributed by atoms with Crippen molar-refractivity contribution in [2.24, 2.45) is 0 Å². The van der Waals surface area contributed by atoms with Gasteiger partial charge in [-0.25, -0.2) is 0 Å². The number of aliphatic hydroxyl groups is 1. The Kier molecular flexibility index (Phi) is 4.74. The van der Waals surface area contributed by atoms with Crippen LogP contribution in [-0.2, 0) is 0 Å². The van der Waals surface area contributed by atoms with Gasteiger partial charge in [-0.05, 0) is 47.4 Å². The van der Waals surface area contributed by atoms with Crippen LogP contribution in [0.4, 0.5) is 0 Å². The van der Waals surface area contributed by atoms with Gasteiger partial charge in [0, 0.05) is 5.39 Å². The zero-order chi connectivity index (χ0) is 16.1. The second kappa shape index (κ2) is 7.11. The van der Waals surface area contributed by atoms with Gasteiger partial charge in [0.2, 0.25) is 0 Å². The van der Waals surface area contributed by atoms with E-state index in [2.05, 4.69) is 47.5 Å². The number of aromatic amines is 1. The molecule has 4 heteroatoms. The fraction of sp³-hybridized carbons (Fsp3) is 0.211. The molecule has 0 fully saturated rings. The molecule has 0 amide bonds. The highest BCUT2D eigenvalue weighted by molar-refractivity contribution is 5.86. The lowest BCUT2D eigenvalue weighted by Crippen LogP contribution is -2.01. The van der Waals surface area contributed by atoms with Gasteiger partial charge in [0.1, 0.15) is 12.4 Å². The monoisotopic (exact) mass is 308 g/mol. The van der Waals surface area contributed by atoms with Gasteiger partial charge in [-0.3, -0.25) is 5.10 Å². The number of hydrogen-bond acceptors (Lipinski definition) is 3. The van der Waals surface area contributed by atoms with Crippen LogP contribution in [0, 0.1) is 0 Å². The van der Waals surface area contributed by atoms with Crippen molar-refractivity contribution in [3.8, 4) is 5.75 Å². The quantitative estimate of drug-likeness (QED) is 0.679. The Morgan fingerprint density at radius 2 is 2.04 bits per heavy atom. The van der Waals surface area contributed by atoms with Crippen LogP contribution < -0.4 is 4.74 Å². The van der Waals surface area contributed by atoms with Gasteiger partial charge >= 0.3 is 0 Å². The highest BCUT2D eigenvalue weighted by atomic mass is 16.5. The number of H-pyrrole nitrogens is 1. The van der Waals surface area contributed by atoms with Gasteiger partial charge in [0.15, 0.2) is 0 Å². The van der Waals surface area contributed by atoms with Crippen LogP contribution in [0.3, 0.4) is 0 Å². The Morgan fingerprint density at radius 3 is 2.78 bits per heavy atom. The number of aromatic nitrogens is 2. The smallest absolute Gasteiger partial charge is 0.119 e. The third-order valence-corrected chi connectivity index (χ3v) is 3.77. The van der Waals surface area contributed by atoms with Crippen molar-refractivity contribution in [3.05, 3.63) is 59.8 Å². The number of hydrogen-bond donors (Lipinski definition) is 2. The first-order chi connectivity index (χ1) is 11.3. The summed E-state index contributed by atoms with van der Waals surface area (Å²) in [4.78, 5) is 0. The summed E-state index contributed by atoms with van der Waals surface area (Å²) in [5, 5.41) is 16.9. The summed E-state index contributed by atoms with van der Waals surface area (Å²) < 4.78 is 5.40. The van der Waals surface area contributed by atoms with Crippen LogP contribution in [0.25, 0.3) is 22.6 Å². The van der Waals surface area contributed by atoms with Crippen LogP contribution in [0.15, 0.2) is 48.7 Å². The average molecular weight is 308 g/mol. The molecule has 1 heterocycles. The minimum atomic E-state index is 0.0261. The molecule has 2 N–H and O–H groups in total. The highest BCUT2D eigenvalue weighted by Gasteiger charge is 2.02. The molecule has 3 rings (SSSR count). The predicted molar refractivity (Wildman–Crippen MR) is 93.3 cm³/mol. The molecule has 0 spiro atoms. The number of ether oxygens (including phenoxy) is 1. The van der Waals surface area contributed by atoms with E-state index in [0.29, 0.717) is 6.61 Å². The number of nitrogens with zero attached hydrogens (tertiary/aromatic N) is 1. The van der Waals surface area contributed by atoms with Gasteiger partial charge in [-0.2, -0.15) is 5.10 Å². The molecule has 0 bridgehead atoms. The van der Waals surface area contributed by atoms with E-state index in [-0.39, 0.29) is 6.61 Å². The molecule has 0 saturated carbocycles. The van der Waals surface area contributed by atoms with Crippen LogP contribution in [0.2, 0.25) is 0 Å². The fourth-order valence-electron chi connectivity index (χ4n) is 2.57. The average Bonchev–Trinajstić information content (AvgIpc) is 3.06. The number of fused-ring (bicyclic) bond motifs is 1. The Labute approximate surface area is 135 Å². The number of allylic oxidation sites excluding steroid dienone is 1. The topological polar surface area (TPSA) is 58.1 Å². The predicted octanol–water partition coefficient (Wildman–Crippen LogP) is 3.88. The van der Waals surface area contributed by atoms with E-state index in [4.69, 9.17) is 9.84 Å². The molecule has 0 unspecified atom stereocenters. The van der Waals surface area contributed by atoms with Crippen molar-refractivity contribution in [2.75, 3.05) is 13.2 Å². The lowest BCUT2D eigenvalue weighted by molar-refractivity contribution is 0.201. The molecular weight excluding hydrogens is 288 g/mol. The summed E-state index contributed by atoms with van der Waals surface area (Å²) in [6.07, 6.45) is 4.99. The number of rotatable bonds is 6. The second-order valence-corrected chi connectivity index (χ2v) is 5.34. The molecule has 23 heavy (non-hydrogen) atoms. The van der Waals surface area contributed by atoms with E-state index >= 15 is 0 Å². The van der Waals surface area contributed by atoms with E-state index in [9.17, 15) is 0 Å². The zero-order valence-corrected chi connectivity index (χ0v) is 13.1. The van der Waals surface area contributed by atoms with E-state index in [1.807, 2.05) is 24.4 Å². The Bertz CT molecular complexity index is 804. The molecule has 1 aromatic heterocycles. The first kappa shape index (κ1) is 15.3. The molecule has 3 aromatic rings. The maximum Gasteiger partial charge on any atom is 0.119 e. The summed E-state index contributed by atoms with van der Waals surface area (Å²) in [5.41, 5.74) is 4.65. The SMILES string of the molecule is CC/C(=C\c1ccc2[nH]ncc2c1)c1ccc(OCCO)cc1. The zero-order valence-electron chi connectivity index (χ0n) is 13.1. The van der Waals surface area contributed by atoms with Gasteiger partial charge in [0.25, 0.3) is 0 Å². The molecule has 0 saturated heterocycles. The lowest BCUT2D eigenvalue weighted by atomic mass is 10.00. The highest BCUT2D eigenvalue weighted by Crippen LogP contribution is 2.25. The lowest BCUT2D eigenvalue weighted by Gasteiger charge is -2.08. The summed E-state index contributed by atoms with van der Waals surface area (Å²) in [6, 6.07) is 14.3. The molecule has 2 aromatic carbocycles. The molecule has 118 valence electrons. The van der Waals surface area contributed by atoms with Crippen LogP contribution >= 0.6 is 0 Å². The third kappa shape index (κ3) is 3.60. The van der Waals surface area contributed by atoms with Gasteiger partial charge in [0.05, 0.1) is 18.3 Å². The van der Waals surface area contributed by atoms with Crippen LogP contribution in [0.1, 0.15) is 24.5 Å². The van der Waals surface area contributed by atoms with E-state index in [0.717, 1.165) is 28.6 Å². The Hall–Kier alpha value is -2.59. The van der Waals surface area contributed by atoms with Crippen molar-refractivity contribution < 1.29 is 9.84 Å². The standard InChI is InChI=1S/C19H20N2O2/c1-2-15(16-4-6-18(7-5-16)23-10-9-22)11-14-3-8-19-17(12-14)13-20-21-19/h3-8,11-13,22H,2,9-10H2,1H3,(H,20,21)/b15-11+. The Balaban J connectivity index is 1.85. The third-order valence-electron chi connectivity index (χ3n) is 3.77. The van der Waals surface area contributed by atoms with E-state index in [1.54, 1.807) is 0 Å². The van der Waals surface area contributed by atoms with Crippen LogP contribution in [-0.4, -0.2) is 28.5 Å². The fourth-order valence-corrected chi connectivity index (χ4v) is 2.57. The van der Waals surface area contributed by atoms with Crippen molar-refractivity contribution in [3.63, 3.8) is 0 Å². The largest absolute Gasteiger partial charge is 0.491 e.